The summed E-state index contributed by atoms with van der Waals surface area (Å²) >= 11 is 0. The summed E-state index contributed by atoms with van der Waals surface area (Å²) in [6, 6.07) is 0. The molecule has 0 radical (unpaired) electrons. The van der Waals surface area contributed by atoms with Crippen LogP contribution in [0.3, 0.4) is 0 Å². The maximum atomic E-state index is 11.4. The molecule has 2 rings (SSSR count). The zero-order valence-corrected chi connectivity index (χ0v) is 8.62. The highest BCUT2D eigenvalue weighted by molar-refractivity contribution is 5.79. The summed E-state index contributed by atoms with van der Waals surface area (Å²) in [5.74, 6) is 0.105. The highest BCUT2D eigenvalue weighted by Gasteiger charge is 2.67. The maximum Gasteiger partial charge on any atom is 0.338 e. The second-order valence-corrected chi connectivity index (χ2v) is 3.83. The second-order valence-electron chi connectivity index (χ2n) is 3.83. The monoisotopic (exact) mass is 200 g/mol. The molecule has 2 aliphatic heterocycles. The fraction of sp³-hybridized carbons (Fsp3) is 0.900. The molecular formula is C10H16O4. The van der Waals surface area contributed by atoms with Crippen LogP contribution >= 0.6 is 0 Å². The Bertz CT molecular complexity index is 240. The van der Waals surface area contributed by atoms with Crippen LogP contribution in [0.4, 0.5) is 0 Å². The van der Waals surface area contributed by atoms with E-state index in [2.05, 4.69) is 6.92 Å². The zero-order chi connectivity index (χ0) is 10.2. The highest BCUT2D eigenvalue weighted by Crippen LogP contribution is 2.48. The van der Waals surface area contributed by atoms with Crippen LogP contribution in [0.15, 0.2) is 0 Å². The molecule has 2 saturated heterocycles. The fourth-order valence-corrected chi connectivity index (χ4v) is 2.15. The lowest BCUT2D eigenvalue weighted by Gasteiger charge is -2.10. The third-order valence-electron chi connectivity index (χ3n) is 3.06. The largest absolute Gasteiger partial charge is 0.464 e. The van der Waals surface area contributed by atoms with Crippen LogP contribution in [0.5, 0.6) is 0 Å². The van der Waals surface area contributed by atoms with Crippen molar-refractivity contribution in [1.29, 1.82) is 0 Å². The third-order valence-corrected chi connectivity index (χ3v) is 3.06. The number of rotatable bonds is 3. The molecule has 1 spiro atoms. The minimum absolute atomic E-state index is 0.239. The predicted octanol–water partition coefficient (Wildman–Crippen LogP) is 0.743. The van der Waals surface area contributed by atoms with Crippen molar-refractivity contribution in [2.75, 3.05) is 19.8 Å². The third kappa shape index (κ3) is 1.33. The van der Waals surface area contributed by atoms with Gasteiger partial charge >= 0.3 is 5.97 Å². The Morgan fingerprint density at radius 2 is 2.36 bits per heavy atom. The van der Waals surface area contributed by atoms with E-state index in [0.29, 0.717) is 25.7 Å². The van der Waals surface area contributed by atoms with Crippen molar-refractivity contribution in [1.82, 2.24) is 0 Å². The van der Waals surface area contributed by atoms with Crippen molar-refractivity contribution < 1.29 is 19.0 Å². The summed E-state index contributed by atoms with van der Waals surface area (Å²) in [6.45, 7) is 5.54. The van der Waals surface area contributed by atoms with E-state index in [-0.39, 0.29) is 17.7 Å². The normalized spacial score (nSPS) is 40.1. The minimum atomic E-state index is -0.380. The van der Waals surface area contributed by atoms with Gasteiger partial charge in [-0.05, 0) is 13.3 Å². The van der Waals surface area contributed by atoms with Gasteiger partial charge in [-0.1, -0.05) is 6.92 Å². The maximum absolute atomic E-state index is 11.4. The standard InChI is InChI=1S/C10H16O4/c1-3-7-5-12-6-10(7)8(14-10)9(11)13-4-2/h7-8H,3-6H2,1-2H3. The lowest BCUT2D eigenvalue weighted by Crippen LogP contribution is -2.29. The van der Waals surface area contributed by atoms with Crippen molar-refractivity contribution in [2.45, 2.75) is 32.0 Å². The summed E-state index contributed by atoms with van der Waals surface area (Å²) in [4.78, 5) is 11.4. The molecule has 2 fully saturated rings. The quantitative estimate of drug-likeness (QED) is 0.498. The lowest BCUT2D eigenvalue weighted by atomic mass is 9.90. The summed E-state index contributed by atoms with van der Waals surface area (Å²) in [6.07, 6.45) is 0.602. The van der Waals surface area contributed by atoms with Gasteiger partial charge in [0.15, 0.2) is 6.10 Å². The number of hydrogen-bond acceptors (Lipinski definition) is 4. The average molecular weight is 200 g/mol. The van der Waals surface area contributed by atoms with Crippen molar-refractivity contribution in [3.05, 3.63) is 0 Å². The first-order chi connectivity index (χ1) is 6.74. The molecule has 0 aromatic carbocycles. The smallest absolute Gasteiger partial charge is 0.338 e. The molecule has 0 bridgehead atoms. The van der Waals surface area contributed by atoms with Gasteiger partial charge in [-0.2, -0.15) is 0 Å². The minimum Gasteiger partial charge on any atom is -0.464 e. The number of carbonyl (C=O) groups is 1. The van der Waals surface area contributed by atoms with Gasteiger partial charge in [0.1, 0.15) is 5.60 Å². The molecule has 80 valence electrons. The van der Waals surface area contributed by atoms with E-state index in [1.165, 1.54) is 0 Å². The summed E-state index contributed by atoms with van der Waals surface area (Å²) < 4.78 is 15.8. The Hall–Kier alpha value is -0.610. The number of esters is 1. The van der Waals surface area contributed by atoms with Gasteiger partial charge in [-0.3, -0.25) is 0 Å². The molecule has 4 heteroatoms. The second kappa shape index (κ2) is 3.51. The fourth-order valence-electron chi connectivity index (χ4n) is 2.15. The van der Waals surface area contributed by atoms with Gasteiger partial charge in [-0.15, -0.1) is 0 Å². The van der Waals surface area contributed by atoms with E-state index in [4.69, 9.17) is 14.2 Å². The molecule has 0 aromatic rings. The van der Waals surface area contributed by atoms with Crippen LogP contribution in [0.1, 0.15) is 20.3 Å². The van der Waals surface area contributed by atoms with Gasteiger partial charge in [0.25, 0.3) is 0 Å². The molecular weight excluding hydrogens is 184 g/mol. The molecule has 3 atom stereocenters. The first-order valence-electron chi connectivity index (χ1n) is 5.16. The van der Waals surface area contributed by atoms with E-state index >= 15 is 0 Å². The number of hydrogen-bond donors (Lipinski definition) is 0. The van der Waals surface area contributed by atoms with Crippen molar-refractivity contribution in [2.24, 2.45) is 5.92 Å². The number of epoxide rings is 1. The molecule has 0 aromatic heterocycles. The van der Waals surface area contributed by atoms with Crippen LogP contribution < -0.4 is 0 Å². The van der Waals surface area contributed by atoms with Crippen LogP contribution in [0, 0.1) is 5.92 Å². The summed E-state index contributed by atoms with van der Waals surface area (Å²) in [5, 5.41) is 0. The summed E-state index contributed by atoms with van der Waals surface area (Å²) in [5.41, 5.74) is -0.346. The Balaban J connectivity index is 1.98. The first-order valence-corrected chi connectivity index (χ1v) is 5.16. The number of carbonyl (C=O) groups excluding carboxylic acids is 1. The Kier molecular flexibility index (Phi) is 2.49. The topological polar surface area (TPSA) is 48.1 Å². The van der Waals surface area contributed by atoms with Gasteiger partial charge < -0.3 is 14.2 Å². The molecule has 14 heavy (non-hydrogen) atoms. The van der Waals surface area contributed by atoms with E-state index in [1.807, 2.05) is 0 Å². The SMILES string of the molecule is CCOC(=O)C1OC12COCC2CC. The van der Waals surface area contributed by atoms with Gasteiger partial charge in [0.2, 0.25) is 0 Å². The molecule has 4 nitrogen and oxygen atoms in total. The van der Waals surface area contributed by atoms with E-state index < -0.39 is 0 Å². The van der Waals surface area contributed by atoms with Crippen molar-refractivity contribution in [3.8, 4) is 0 Å². The Morgan fingerprint density at radius 3 is 3.00 bits per heavy atom. The number of ether oxygens (including phenoxy) is 3. The van der Waals surface area contributed by atoms with Crippen LogP contribution in [0.25, 0.3) is 0 Å². The van der Waals surface area contributed by atoms with Crippen LogP contribution in [0.2, 0.25) is 0 Å². The molecule has 0 amide bonds. The van der Waals surface area contributed by atoms with Crippen molar-refractivity contribution in [3.63, 3.8) is 0 Å². The lowest BCUT2D eigenvalue weighted by molar-refractivity contribution is -0.144. The predicted molar refractivity (Wildman–Crippen MR) is 48.8 cm³/mol. The Labute approximate surface area is 83.5 Å². The molecule has 2 aliphatic rings. The van der Waals surface area contributed by atoms with E-state index in [9.17, 15) is 4.79 Å². The van der Waals surface area contributed by atoms with Crippen molar-refractivity contribution >= 4 is 5.97 Å². The van der Waals surface area contributed by atoms with Gasteiger partial charge in [0.05, 0.1) is 19.8 Å². The molecule has 0 aliphatic carbocycles. The Morgan fingerprint density at radius 1 is 1.57 bits per heavy atom. The van der Waals surface area contributed by atoms with Crippen LogP contribution in [-0.2, 0) is 19.0 Å². The van der Waals surface area contributed by atoms with E-state index in [0.717, 1.165) is 6.42 Å². The average Bonchev–Trinajstić information content (AvgIpc) is 2.72. The molecule has 2 heterocycles. The summed E-state index contributed by atoms with van der Waals surface area (Å²) in [7, 11) is 0. The van der Waals surface area contributed by atoms with Gasteiger partial charge in [0, 0.05) is 5.92 Å². The molecule has 0 N–H and O–H groups in total. The highest BCUT2D eigenvalue weighted by atomic mass is 16.7. The molecule has 3 unspecified atom stereocenters. The van der Waals surface area contributed by atoms with E-state index in [1.54, 1.807) is 6.92 Å². The molecule has 0 saturated carbocycles. The zero-order valence-electron chi connectivity index (χ0n) is 8.62. The van der Waals surface area contributed by atoms with Crippen LogP contribution in [-0.4, -0.2) is 37.5 Å². The first kappa shape index (κ1) is 9.93. The van der Waals surface area contributed by atoms with Gasteiger partial charge in [-0.25, -0.2) is 4.79 Å².